The number of likely N-dealkylation sites (tertiary alicyclic amines) is 1. The third kappa shape index (κ3) is 6.43. The van der Waals surface area contributed by atoms with E-state index >= 15 is 0 Å². The molecule has 4 aromatic rings. The van der Waals surface area contributed by atoms with Gasteiger partial charge in [-0.3, -0.25) is 4.90 Å². The molecule has 1 saturated heterocycles. The lowest BCUT2D eigenvalue weighted by Gasteiger charge is -2.33. The van der Waals surface area contributed by atoms with Crippen LogP contribution >= 0.6 is 50.9 Å². The van der Waals surface area contributed by atoms with Crippen LogP contribution in [0.25, 0.3) is 16.9 Å². The number of piperidine rings is 1. The maximum Gasteiger partial charge on any atom is 0.172 e. The number of fused-ring (bicyclic) bond motifs is 1. The molecule has 1 aliphatic carbocycles. The summed E-state index contributed by atoms with van der Waals surface area (Å²) in [6.45, 7) is 3.12. The number of nitrogens with zero attached hydrogens (tertiary/aromatic N) is 4. The summed E-state index contributed by atoms with van der Waals surface area (Å²) in [5.41, 5.74) is 3.98. The number of hydrogen-bond acceptors (Lipinski definition) is 5. The van der Waals surface area contributed by atoms with Crippen molar-refractivity contribution in [2.24, 2.45) is 0 Å². The number of anilines is 1. The van der Waals surface area contributed by atoms with Gasteiger partial charge in [-0.2, -0.15) is 9.61 Å². The smallest absolute Gasteiger partial charge is 0.172 e. The highest BCUT2D eigenvalue weighted by Gasteiger charge is 2.24. The second-order valence-electron chi connectivity index (χ2n) is 10.5. The fraction of sp³-hybridized carbons (Fsp3) is 0.400. The van der Waals surface area contributed by atoms with Crippen molar-refractivity contribution >= 4 is 62.4 Å². The summed E-state index contributed by atoms with van der Waals surface area (Å²) in [4.78, 5) is 8.87. The maximum atomic E-state index is 6.51. The van der Waals surface area contributed by atoms with Crippen molar-refractivity contribution in [3.63, 3.8) is 0 Å². The zero-order valence-corrected chi connectivity index (χ0v) is 25.6. The van der Waals surface area contributed by atoms with E-state index in [1.54, 1.807) is 6.20 Å². The van der Waals surface area contributed by atoms with Gasteiger partial charge in [0.05, 0.1) is 16.4 Å². The van der Waals surface area contributed by atoms with Crippen LogP contribution in [0.15, 0.2) is 70.2 Å². The first-order valence-electron chi connectivity index (χ1n) is 13.7. The van der Waals surface area contributed by atoms with E-state index in [0.717, 1.165) is 72.5 Å². The second kappa shape index (κ2) is 12.4. The quantitative estimate of drug-likeness (QED) is 0.204. The molecule has 2 aromatic carbocycles. The zero-order chi connectivity index (χ0) is 26.8. The summed E-state index contributed by atoms with van der Waals surface area (Å²) in [6, 6.07) is 19.2. The number of thioether (sulfide) groups is 1. The van der Waals surface area contributed by atoms with E-state index in [1.165, 1.54) is 23.3 Å². The summed E-state index contributed by atoms with van der Waals surface area (Å²) >= 11 is 18.5. The molecule has 0 spiro atoms. The van der Waals surface area contributed by atoms with Crippen molar-refractivity contribution in [1.82, 2.24) is 19.5 Å². The van der Waals surface area contributed by atoms with Crippen LogP contribution in [-0.4, -0.2) is 49.3 Å². The van der Waals surface area contributed by atoms with E-state index in [9.17, 15) is 0 Å². The predicted octanol–water partition coefficient (Wildman–Crippen LogP) is 8.53. The second-order valence-corrected chi connectivity index (χ2v) is 13.7. The van der Waals surface area contributed by atoms with E-state index in [0.29, 0.717) is 21.7 Å². The van der Waals surface area contributed by atoms with Crippen LogP contribution in [0, 0.1) is 0 Å². The Labute approximate surface area is 252 Å². The van der Waals surface area contributed by atoms with Crippen LogP contribution in [0.2, 0.25) is 5.02 Å². The molecule has 6 rings (SSSR count). The lowest BCUT2D eigenvalue weighted by Crippen LogP contribution is -2.39. The van der Waals surface area contributed by atoms with Crippen LogP contribution in [-0.2, 0) is 6.54 Å². The molecular formula is C30H32BrCl2N5S. The zero-order valence-electron chi connectivity index (χ0n) is 21.7. The van der Waals surface area contributed by atoms with E-state index < -0.39 is 0 Å². The molecule has 9 heteroatoms. The number of aromatic nitrogens is 3. The molecule has 5 nitrogen and oxygen atoms in total. The molecule has 1 aliphatic heterocycles. The molecule has 1 saturated carbocycles. The Bertz CT molecular complexity index is 1430. The third-order valence-corrected chi connectivity index (χ3v) is 10.6. The maximum absolute atomic E-state index is 6.51. The Kier molecular flexibility index (Phi) is 8.71. The minimum absolute atomic E-state index is 0.365. The van der Waals surface area contributed by atoms with Crippen molar-refractivity contribution in [3.8, 4) is 11.3 Å². The van der Waals surface area contributed by atoms with E-state index in [1.807, 2.05) is 28.8 Å². The Morgan fingerprint density at radius 3 is 2.51 bits per heavy atom. The van der Waals surface area contributed by atoms with Crippen molar-refractivity contribution in [3.05, 3.63) is 75.9 Å². The summed E-state index contributed by atoms with van der Waals surface area (Å²) in [5.74, 6) is 0.937. The van der Waals surface area contributed by atoms with E-state index in [-0.39, 0.29) is 0 Å². The lowest BCUT2D eigenvalue weighted by molar-refractivity contribution is 0.210. The first kappa shape index (κ1) is 27.4. The molecule has 3 heterocycles. The van der Waals surface area contributed by atoms with Gasteiger partial charge in [0.15, 0.2) is 5.65 Å². The fourth-order valence-corrected chi connectivity index (χ4v) is 7.74. The SMILES string of the molecule is Clc1ccccc1-c1cc(NC2CCN(Cc3ccccc3SC3CCC(Cl)CC3)CC2)n2ncc(Br)c2n1. The van der Waals surface area contributed by atoms with Gasteiger partial charge in [-0.25, -0.2) is 4.98 Å². The normalized spacial score (nSPS) is 20.9. The van der Waals surface area contributed by atoms with E-state index in [2.05, 4.69) is 73.3 Å². The van der Waals surface area contributed by atoms with Gasteiger partial charge in [-0.1, -0.05) is 48.0 Å². The molecular weight excluding hydrogens is 613 g/mol. The fourth-order valence-electron chi connectivity index (χ4n) is 5.60. The topological polar surface area (TPSA) is 45.5 Å². The average molecular weight is 645 g/mol. The first-order chi connectivity index (χ1) is 19.0. The van der Waals surface area contributed by atoms with Crippen molar-refractivity contribution in [2.75, 3.05) is 18.4 Å². The number of benzene rings is 2. The minimum atomic E-state index is 0.365. The molecule has 0 unspecified atom stereocenters. The van der Waals surface area contributed by atoms with Gasteiger partial charge in [-0.05, 0) is 72.2 Å². The number of hydrogen-bond donors (Lipinski definition) is 1. The first-order valence-corrected chi connectivity index (χ1v) is 16.2. The molecule has 2 aliphatic rings. The summed E-state index contributed by atoms with van der Waals surface area (Å²) in [7, 11) is 0. The van der Waals surface area contributed by atoms with Gasteiger partial charge in [0.1, 0.15) is 5.82 Å². The summed E-state index contributed by atoms with van der Waals surface area (Å²) in [6.07, 6.45) is 8.66. The van der Waals surface area contributed by atoms with E-state index in [4.69, 9.17) is 28.2 Å². The molecule has 0 atom stereocenters. The van der Waals surface area contributed by atoms with Gasteiger partial charge >= 0.3 is 0 Å². The van der Waals surface area contributed by atoms with Gasteiger partial charge < -0.3 is 5.32 Å². The van der Waals surface area contributed by atoms with Crippen LogP contribution < -0.4 is 5.32 Å². The molecule has 1 N–H and O–H groups in total. The Hall–Kier alpha value is -1.77. The highest BCUT2D eigenvalue weighted by atomic mass is 79.9. The van der Waals surface area contributed by atoms with Crippen LogP contribution in [0.4, 0.5) is 5.82 Å². The highest BCUT2D eigenvalue weighted by Crippen LogP contribution is 2.37. The van der Waals surface area contributed by atoms with Gasteiger partial charge in [0.2, 0.25) is 0 Å². The molecule has 204 valence electrons. The average Bonchev–Trinajstić information content (AvgIpc) is 3.33. The number of nitrogens with one attached hydrogen (secondary N) is 1. The van der Waals surface area contributed by atoms with Crippen LogP contribution in [0.3, 0.4) is 0 Å². The Morgan fingerprint density at radius 1 is 0.974 bits per heavy atom. The predicted molar refractivity (Wildman–Crippen MR) is 167 cm³/mol. The summed E-state index contributed by atoms with van der Waals surface area (Å²) < 4.78 is 2.74. The van der Waals surface area contributed by atoms with Crippen LogP contribution in [0.5, 0.6) is 0 Å². The third-order valence-electron chi connectivity index (χ3n) is 7.78. The van der Waals surface area contributed by atoms with Crippen LogP contribution in [0.1, 0.15) is 44.1 Å². The lowest BCUT2D eigenvalue weighted by atomic mass is 10.00. The van der Waals surface area contributed by atoms with Gasteiger partial charge in [0, 0.05) is 57.9 Å². The van der Waals surface area contributed by atoms with Crippen molar-refractivity contribution in [1.29, 1.82) is 0 Å². The number of halogens is 3. The molecule has 0 radical (unpaired) electrons. The Morgan fingerprint density at radius 2 is 1.72 bits per heavy atom. The molecule has 2 fully saturated rings. The highest BCUT2D eigenvalue weighted by molar-refractivity contribution is 9.10. The van der Waals surface area contributed by atoms with Gasteiger partial charge in [0.25, 0.3) is 0 Å². The minimum Gasteiger partial charge on any atom is -0.367 e. The largest absolute Gasteiger partial charge is 0.367 e. The molecule has 0 bridgehead atoms. The van der Waals surface area contributed by atoms with Crippen molar-refractivity contribution < 1.29 is 0 Å². The Balaban J connectivity index is 1.12. The monoisotopic (exact) mass is 643 g/mol. The van der Waals surface area contributed by atoms with Crippen molar-refractivity contribution in [2.45, 2.75) is 66.6 Å². The summed E-state index contributed by atoms with van der Waals surface area (Å²) in [5, 5.41) is 10.1. The van der Waals surface area contributed by atoms with Gasteiger partial charge in [-0.15, -0.1) is 23.4 Å². The molecule has 0 amide bonds. The molecule has 2 aromatic heterocycles. The number of rotatable bonds is 7. The standard InChI is InChI=1S/C30H32BrCl2N5S/c31-25-18-34-38-29(17-27(36-30(25)38)24-6-2-3-7-26(24)33)35-22-13-15-37(16-14-22)19-20-5-1-4-8-28(20)39-23-11-9-21(32)10-12-23/h1-8,17-18,21-23,35H,9-16,19H2. The number of alkyl halides is 1. The molecule has 39 heavy (non-hydrogen) atoms.